The monoisotopic (exact) mass is 450 g/mol. The van der Waals surface area contributed by atoms with Crippen LogP contribution in [0.4, 0.5) is 0 Å². The summed E-state index contributed by atoms with van der Waals surface area (Å²) in [5.74, 6) is 0. The molecule has 3 rings (SSSR count). The van der Waals surface area contributed by atoms with E-state index in [1.54, 1.807) is 10.7 Å². The minimum absolute atomic E-state index is 1.15. The van der Waals surface area contributed by atoms with Gasteiger partial charge in [-0.25, -0.2) is 0 Å². The minimum atomic E-state index is -3.13. The zero-order valence-electron chi connectivity index (χ0n) is 15.2. The Morgan fingerprint density at radius 2 is 1.00 bits per heavy atom. The van der Waals surface area contributed by atoms with Gasteiger partial charge in [0.15, 0.2) is 0 Å². The van der Waals surface area contributed by atoms with Crippen LogP contribution in [0.1, 0.15) is 0 Å². The molecule has 0 unspecified atom stereocenters. The molecule has 0 aromatic heterocycles. The van der Waals surface area contributed by atoms with Crippen LogP contribution in [0.15, 0.2) is 104 Å². The summed E-state index contributed by atoms with van der Waals surface area (Å²) in [5, 5.41) is 0. The van der Waals surface area contributed by atoms with Crippen LogP contribution in [0.25, 0.3) is 0 Å². The van der Waals surface area contributed by atoms with E-state index in [2.05, 4.69) is 117 Å². The Morgan fingerprint density at radius 1 is 0.680 bits per heavy atom. The van der Waals surface area contributed by atoms with Gasteiger partial charge in [-0.3, -0.25) is 0 Å². The van der Waals surface area contributed by atoms with Crippen molar-refractivity contribution in [2.45, 2.75) is 19.1 Å². The van der Waals surface area contributed by atoms with Crippen LogP contribution in [0.3, 0.4) is 0 Å². The van der Waals surface area contributed by atoms with Crippen molar-refractivity contribution < 1.29 is 0 Å². The number of hydrogen-bond donors (Lipinski definition) is 0. The molecule has 3 aromatic carbocycles. The zero-order chi connectivity index (χ0) is 17.8. The Balaban J connectivity index is 2.42. The van der Waals surface area contributed by atoms with E-state index in [9.17, 15) is 0 Å². The number of rotatable bonds is 6. The van der Waals surface area contributed by atoms with E-state index < -0.39 is 23.2 Å². The quantitative estimate of drug-likeness (QED) is 0.392. The molecule has 0 amide bonds. The first kappa shape index (κ1) is 18.2. The summed E-state index contributed by atoms with van der Waals surface area (Å²) >= 11 is -3.13. The first-order chi connectivity index (χ1) is 12.1. The average molecular weight is 449 g/mol. The second-order valence-electron chi connectivity index (χ2n) is 7.22. The topological polar surface area (TPSA) is 0 Å². The summed E-state index contributed by atoms with van der Waals surface area (Å²) in [5.41, 5.74) is -1.61. The molecule has 2 heteroatoms. The van der Waals surface area contributed by atoms with E-state index in [1.165, 1.54) is 0 Å². The first-order valence-corrected chi connectivity index (χ1v) is 20.7. The van der Waals surface area contributed by atoms with Crippen molar-refractivity contribution in [1.82, 2.24) is 0 Å². The van der Waals surface area contributed by atoms with Gasteiger partial charge in [0.05, 0.1) is 0 Å². The zero-order valence-corrected chi connectivity index (χ0v) is 19.0. The standard InChI is InChI=1S/3C6H5.C5H11Si.Sn/c3*1-2-4-6-5-3-1;1-4-5-6(2)3;/h3*1-5H;4H,1,5H2,2-3H3;. The molecule has 0 fully saturated rings. The van der Waals surface area contributed by atoms with Crippen LogP contribution < -0.4 is 10.7 Å². The fraction of sp³-hybridized carbons (Fsp3) is 0.130. The molecule has 0 saturated carbocycles. The maximum atomic E-state index is 4.11. The molecule has 0 atom stereocenters. The summed E-state index contributed by atoms with van der Waals surface area (Å²) in [6, 6.07) is 35.1. The van der Waals surface area contributed by atoms with Gasteiger partial charge in [0.25, 0.3) is 0 Å². The Bertz CT molecular complexity index is 714. The SMILES string of the molecule is C=CC[Si](C)(C)[Sn]([c]1ccccc1)([c]1ccccc1)[c]1ccccc1. The molecule has 126 valence electrons. The second-order valence-corrected chi connectivity index (χ2v) is 37.2. The van der Waals surface area contributed by atoms with Crippen LogP contribution in [0.2, 0.25) is 19.1 Å². The van der Waals surface area contributed by atoms with E-state index in [4.69, 9.17) is 0 Å². The van der Waals surface area contributed by atoms with E-state index in [1.807, 2.05) is 0 Å². The fourth-order valence-electron chi connectivity index (χ4n) is 4.25. The molecule has 0 heterocycles. The van der Waals surface area contributed by atoms with E-state index in [-0.39, 0.29) is 0 Å². The Labute approximate surface area is 156 Å². The summed E-state index contributed by atoms with van der Waals surface area (Å²) in [7, 11) is 0. The van der Waals surface area contributed by atoms with Gasteiger partial charge in [-0.1, -0.05) is 0 Å². The van der Waals surface area contributed by atoms with Crippen molar-refractivity contribution in [3.05, 3.63) is 104 Å². The van der Waals surface area contributed by atoms with Crippen molar-refractivity contribution >= 4 is 33.9 Å². The predicted molar refractivity (Wildman–Crippen MR) is 116 cm³/mol. The number of benzene rings is 3. The van der Waals surface area contributed by atoms with E-state index in [0.29, 0.717) is 0 Å². The van der Waals surface area contributed by atoms with Crippen molar-refractivity contribution in [2.24, 2.45) is 0 Å². The second kappa shape index (κ2) is 7.75. The Hall–Kier alpha value is -1.58. The number of allylic oxidation sites excluding steroid dienone is 1. The van der Waals surface area contributed by atoms with Crippen LogP contribution >= 0.6 is 0 Å². The molecule has 25 heavy (non-hydrogen) atoms. The van der Waals surface area contributed by atoms with Crippen molar-refractivity contribution in [3.63, 3.8) is 0 Å². The van der Waals surface area contributed by atoms with Crippen molar-refractivity contribution in [3.8, 4) is 0 Å². The number of hydrogen-bond acceptors (Lipinski definition) is 0. The van der Waals surface area contributed by atoms with Gasteiger partial charge in [0, 0.05) is 0 Å². The van der Waals surface area contributed by atoms with Gasteiger partial charge in [-0.15, -0.1) is 0 Å². The van der Waals surface area contributed by atoms with Crippen LogP contribution in [-0.4, -0.2) is 23.2 Å². The normalized spacial score (nSPS) is 11.9. The molecule has 0 radical (unpaired) electrons. The summed E-state index contributed by atoms with van der Waals surface area (Å²) in [6.45, 7) is 9.27. The van der Waals surface area contributed by atoms with Gasteiger partial charge in [0.1, 0.15) is 0 Å². The third-order valence-corrected chi connectivity index (χ3v) is 43.8. The van der Waals surface area contributed by atoms with Gasteiger partial charge in [-0.05, 0) is 0 Å². The van der Waals surface area contributed by atoms with Crippen molar-refractivity contribution in [2.75, 3.05) is 0 Å². The van der Waals surface area contributed by atoms with Crippen LogP contribution in [-0.2, 0) is 0 Å². The molecule has 0 N–H and O–H groups in total. The molecule has 0 aliphatic rings. The van der Waals surface area contributed by atoms with Gasteiger partial charge >= 0.3 is 157 Å². The molecule has 0 aliphatic heterocycles. The third kappa shape index (κ3) is 3.27. The van der Waals surface area contributed by atoms with Crippen LogP contribution in [0.5, 0.6) is 0 Å². The average Bonchev–Trinajstić information content (AvgIpc) is 2.65. The Morgan fingerprint density at radius 3 is 1.28 bits per heavy atom. The summed E-state index contributed by atoms with van der Waals surface area (Å²) in [6.07, 6.45) is 2.16. The van der Waals surface area contributed by atoms with E-state index in [0.717, 1.165) is 6.04 Å². The van der Waals surface area contributed by atoms with Crippen LogP contribution in [0, 0.1) is 0 Å². The molecule has 0 spiro atoms. The fourth-order valence-corrected chi connectivity index (χ4v) is 43.7. The molecule has 0 nitrogen and oxygen atoms in total. The molecule has 0 bridgehead atoms. The van der Waals surface area contributed by atoms with Gasteiger partial charge < -0.3 is 0 Å². The molecule has 3 aromatic rings. The molecular weight excluding hydrogens is 423 g/mol. The Kier molecular flexibility index (Phi) is 5.65. The third-order valence-electron chi connectivity index (χ3n) is 5.29. The molecule has 0 aliphatic carbocycles. The summed E-state index contributed by atoms with van der Waals surface area (Å²) in [4.78, 5) is 0. The van der Waals surface area contributed by atoms with Crippen molar-refractivity contribution in [1.29, 1.82) is 0 Å². The van der Waals surface area contributed by atoms with Gasteiger partial charge in [-0.2, -0.15) is 0 Å². The van der Waals surface area contributed by atoms with Gasteiger partial charge in [0.2, 0.25) is 0 Å². The first-order valence-electron chi connectivity index (χ1n) is 8.90. The molecular formula is C23H26SiSn. The molecule has 0 saturated heterocycles. The van der Waals surface area contributed by atoms with E-state index >= 15 is 0 Å². The predicted octanol–water partition coefficient (Wildman–Crippen LogP) is 4.13. The maximum absolute atomic E-state index is 4.11. The summed E-state index contributed by atoms with van der Waals surface area (Å²) < 4.78 is 4.77.